The highest BCUT2D eigenvalue weighted by molar-refractivity contribution is 7.71. The minimum absolute atomic E-state index is 0.150. The number of halogens is 3. The molecule has 1 aromatic heterocycles. The average molecular weight is 244 g/mol. The molecule has 5 heteroatoms. The second kappa shape index (κ2) is 3.59. The van der Waals surface area contributed by atoms with Crippen molar-refractivity contribution in [1.29, 1.82) is 0 Å². The molecule has 0 spiro atoms. The van der Waals surface area contributed by atoms with E-state index in [1.165, 1.54) is 6.07 Å². The van der Waals surface area contributed by atoms with Gasteiger partial charge in [0.15, 0.2) is 0 Å². The molecule has 0 aliphatic carbocycles. The second-order valence-electron chi connectivity index (χ2n) is 3.47. The summed E-state index contributed by atoms with van der Waals surface area (Å²) >= 11 is 4.91. The van der Waals surface area contributed by atoms with E-state index in [-0.39, 0.29) is 10.1 Å². The van der Waals surface area contributed by atoms with E-state index in [4.69, 9.17) is 16.6 Å². The molecule has 84 valence electrons. The first-order chi connectivity index (χ1) is 7.38. The maximum absolute atomic E-state index is 12.4. The predicted octanol–water partition coefficient (Wildman–Crippen LogP) is 4.49. The highest BCUT2D eigenvalue weighted by Gasteiger charge is 2.34. The Morgan fingerprint density at radius 1 is 1.19 bits per heavy atom. The van der Waals surface area contributed by atoms with E-state index in [1.54, 1.807) is 12.1 Å². The molecule has 0 fully saturated rings. The lowest BCUT2D eigenvalue weighted by atomic mass is 10.1. The molecule has 0 atom stereocenters. The Morgan fingerprint density at radius 2 is 1.88 bits per heavy atom. The van der Waals surface area contributed by atoms with Gasteiger partial charge >= 0.3 is 6.18 Å². The van der Waals surface area contributed by atoms with Crippen LogP contribution in [0.15, 0.2) is 28.7 Å². The van der Waals surface area contributed by atoms with Gasteiger partial charge in [0.05, 0.1) is 4.51 Å². The molecule has 2 aromatic rings. The molecule has 0 saturated carbocycles. The van der Waals surface area contributed by atoms with Crippen LogP contribution in [0.5, 0.6) is 0 Å². The number of rotatable bonds is 0. The molecule has 1 aromatic carbocycles. The van der Waals surface area contributed by atoms with Crippen molar-refractivity contribution in [1.82, 2.24) is 0 Å². The summed E-state index contributed by atoms with van der Waals surface area (Å²) in [6.07, 6.45) is -4.51. The SMILES string of the molecule is Cc1ccc2oc(C(F)(F)F)cc(=S)c2c1. The molecule has 0 radical (unpaired) electrons. The minimum Gasteiger partial charge on any atom is -0.451 e. The predicted molar refractivity (Wildman–Crippen MR) is 56.8 cm³/mol. The Morgan fingerprint density at radius 3 is 2.50 bits per heavy atom. The minimum atomic E-state index is -4.51. The van der Waals surface area contributed by atoms with Crippen molar-refractivity contribution >= 4 is 23.2 Å². The number of aryl methyl sites for hydroxylation is 1. The molecule has 16 heavy (non-hydrogen) atoms. The monoisotopic (exact) mass is 244 g/mol. The topological polar surface area (TPSA) is 13.1 Å². The van der Waals surface area contributed by atoms with E-state index >= 15 is 0 Å². The summed E-state index contributed by atoms with van der Waals surface area (Å²) in [6.45, 7) is 1.84. The van der Waals surface area contributed by atoms with Gasteiger partial charge in [-0.05, 0) is 19.1 Å². The zero-order chi connectivity index (χ0) is 11.9. The smallest absolute Gasteiger partial charge is 0.449 e. The van der Waals surface area contributed by atoms with E-state index in [9.17, 15) is 13.2 Å². The molecule has 2 rings (SSSR count). The third kappa shape index (κ3) is 1.95. The van der Waals surface area contributed by atoms with Gasteiger partial charge in [-0.1, -0.05) is 23.8 Å². The van der Waals surface area contributed by atoms with Crippen molar-refractivity contribution in [3.05, 3.63) is 40.1 Å². The third-order valence-corrected chi connectivity index (χ3v) is 2.50. The van der Waals surface area contributed by atoms with E-state index in [0.29, 0.717) is 5.39 Å². The molecule has 0 unspecified atom stereocenters. The van der Waals surface area contributed by atoms with Crippen LogP contribution < -0.4 is 0 Å². The van der Waals surface area contributed by atoms with Gasteiger partial charge in [0.1, 0.15) is 5.58 Å². The molecular weight excluding hydrogens is 237 g/mol. The van der Waals surface area contributed by atoms with Crippen LogP contribution in [0.2, 0.25) is 0 Å². The van der Waals surface area contributed by atoms with Gasteiger partial charge in [-0.25, -0.2) is 0 Å². The standard InChI is InChI=1S/C11H7F3OS/c1-6-2-3-8-7(4-6)9(16)5-10(15-8)11(12,13)14/h2-5H,1H3. The van der Waals surface area contributed by atoms with E-state index < -0.39 is 11.9 Å². The number of fused-ring (bicyclic) bond motifs is 1. The summed E-state index contributed by atoms with van der Waals surface area (Å²) in [5.74, 6) is -1.06. The van der Waals surface area contributed by atoms with Crippen LogP contribution in [0.25, 0.3) is 11.0 Å². The Hall–Kier alpha value is -1.36. The fraction of sp³-hybridized carbons (Fsp3) is 0.182. The van der Waals surface area contributed by atoms with Crippen LogP contribution in [0.3, 0.4) is 0 Å². The largest absolute Gasteiger partial charge is 0.451 e. The second-order valence-corrected chi connectivity index (χ2v) is 3.91. The van der Waals surface area contributed by atoms with Crippen LogP contribution in [0, 0.1) is 11.4 Å². The van der Waals surface area contributed by atoms with Crippen molar-refractivity contribution in [2.24, 2.45) is 0 Å². The van der Waals surface area contributed by atoms with Gasteiger partial charge in [0, 0.05) is 11.5 Å². The Balaban J connectivity index is 2.79. The van der Waals surface area contributed by atoms with Gasteiger partial charge in [-0.3, -0.25) is 0 Å². The fourth-order valence-electron chi connectivity index (χ4n) is 1.41. The van der Waals surface area contributed by atoms with Crippen LogP contribution in [-0.4, -0.2) is 0 Å². The van der Waals surface area contributed by atoms with Crippen LogP contribution in [-0.2, 0) is 6.18 Å². The average Bonchev–Trinajstić information content (AvgIpc) is 2.17. The van der Waals surface area contributed by atoms with Crippen LogP contribution in [0.1, 0.15) is 11.3 Å². The van der Waals surface area contributed by atoms with Gasteiger partial charge in [-0.15, -0.1) is 0 Å². The Labute approximate surface area is 94.5 Å². The summed E-state index contributed by atoms with van der Waals surface area (Å²) in [7, 11) is 0. The molecule has 1 heterocycles. The summed E-state index contributed by atoms with van der Waals surface area (Å²) in [5, 5.41) is 0.531. The van der Waals surface area contributed by atoms with Crippen LogP contribution >= 0.6 is 12.2 Å². The molecule has 0 aliphatic rings. The van der Waals surface area contributed by atoms with E-state index in [0.717, 1.165) is 11.6 Å². The molecule has 1 nitrogen and oxygen atoms in total. The molecule has 0 amide bonds. The van der Waals surface area contributed by atoms with Crippen molar-refractivity contribution in [3.63, 3.8) is 0 Å². The summed E-state index contributed by atoms with van der Waals surface area (Å²) < 4.78 is 42.2. The maximum Gasteiger partial charge on any atom is 0.449 e. The van der Waals surface area contributed by atoms with Crippen molar-refractivity contribution in [2.75, 3.05) is 0 Å². The van der Waals surface area contributed by atoms with Gasteiger partial charge in [0.2, 0.25) is 5.76 Å². The summed E-state index contributed by atoms with van der Waals surface area (Å²) in [4.78, 5) is 0. The maximum atomic E-state index is 12.4. The first kappa shape index (κ1) is 11.1. The quantitative estimate of drug-likeness (QED) is 0.633. The van der Waals surface area contributed by atoms with Gasteiger partial charge in [0.25, 0.3) is 0 Å². The molecule has 0 saturated heterocycles. The lowest BCUT2D eigenvalue weighted by Gasteiger charge is -2.07. The lowest BCUT2D eigenvalue weighted by Crippen LogP contribution is -2.04. The highest BCUT2D eigenvalue weighted by Crippen LogP contribution is 2.32. The molecule has 0 N–H and O–H groups in total. The number of benzene rings is 1. The first-order valence-corrected chi connectivity index (χ1v) is 4.90. The highest BCUT2D eigenvalue weighted by atomic mass is 32.1. The fourth-order valence-corrected chi connectivity index (χ4v) is 1.68. The number of hydrogen-bond donors (Lipinski definition) is 0. The van der Waals surface area contributed by atoms with Crippen LogP contribution in [0.4, 0.5) is 13.2 Å². The Kier molecular flexibility index (Phi) is 2.50. The lowest BCUT2D eigenvalue weighted by molar-refractivity contribution is -0.152. The normalized spacial score (nSPS) is 12.0. The van der Waals surface area contributed by atoms with Gasteiger partial charge < -0.3 is 4.42 Å². The summed E-state index contributed by atoms with van der Waals surface area (Å²) in [5.41, 5.74) is 1.08. The summed E-state index contributed by atoms with van der Waals surface area (Å²) in [6, 6.07) is 5.73. The zero-order valence-electron chi connectivity index (χ0n) is 8.26. The van der Waals surface area contributed by atoms with E-state index in [1.807, 2.05) is 6.92 Å². The first-order valence-electron chi connectivity index (χ1n) is 4.49. The van der Waals surface area contributed by atoms with Crippen molar-refractivity contribution in [2.45, 2.75) is 13.1 Å². The van der Waals surface area contributed by atoms with Crippen molar-refractivity contribution in [3.8, 4) is 0 Å². The molecule has 0 bridgehead atoms. The van der Waals surface area contributed by atoms with Crippen molar-refractivity contribution < 1.29 is 17.6 Å². The Bertz CT molecular complexity index is 598. The molecular formula is C11H7F3OS. The number of hydrogen-bond acceptors (Lipinski definition) is 2. The zero-order valence-corrected chi connectivity index (χ0v) is 9.08. The number of alkyl halides is 3. The van der Waals surface area contributed by atoms with E-state index in [2.05, 4.69) is 0 Å². The van der Waals surface area contributed by atoms with Gasteiger partial charge in [-0.2, -0.15) is 13.2 Å². The third-order valence-electron chi connectivity index (χ3n) is 2.16. The molecule has 0 aliphatic heterocycles.